The topological polar surface area (TPSA) is 46.9 Å². The SMILES string of the molecule is Cc1ccc(-n2nc(C(=O)Nc3cccc(Cl)c3)cc2-c2cccc3ccccc23)cc1. The Morgan fingerprint density at radius 3 is 2.44 bits per heavy atom. The molecular formula is C27H20ClN3O. The number of aryl methyl sites for hydroxylation is 1. The zero-order valence-electron chi connectivity index (χ0n) is 17.4. The van der Waals surface area contributed by atoms with E-state index in [4.69, 9.17) is 11.6 Å². The summed E-state index contributed by atoms with van der Waals surface area (Å²) in [4.78, 5) is 13.0. The van der Waals surface area contributed by atoms with Gasteiger partial charge in [-0.25, -0.2) is 4.68 Å². The van der Waals surface area contributed by atoms with Crippen LogP contribution in [0.2, 0.25) is 5.02 Å². The van der Waals surface area contributed by atoms with Crippen molar-refractivity contribution >= 4 is 34.0 Å². The molecule has 1 aromatic heterocycles. The first kappa shape index (κ1) is 20.0. The summed E-state index contributed by atoms with van der Waals surface area (Å²) in [6.45, 7) is 2.04. The maximum Gasteiger partial charge on any atom is 0.276 e. The van der Waals surface area contributed by atoms with Crippen LogP contribution >= 0.6 is 11.6 Å². The second-order valence-corrected chi connectivity index (χ2v) is 8.09. The summed E-state index contributed by atoms with van der Waals surface area (Å²) < 4.78 is 1.83. The summed E-state index contributed by atoms with van der Waals surface area (Å²) in [5.74, 6) is -0.292. The number of nitrogens with zero attached hydrogens (tertiary/aromatic N) is 2. The average Bonchev–Trinajstić information content (AvgIpc) is 3.25. The number of fused-ring (bicyclic) bond motifs is 1. The van der Waals surface area contributed by atoms with Crippen molar-refractivity contribution in [1.29, 1.82) is 0 Å². The summed E-state index contributed by atoms with van der Waals surface area (Å²) in [7, 11) is 0. The van der Waals surface area contributed by atoms with Crippen LogP contribution in [0.15, 0.2) is 97.1 Å². The van der Waals surface area contributed by atoms with E-state index < -0.39 is 0 Å². The molecule has 0 radical (unpaired) electrons. The van der Waals surface area contributed by atoms with E-state index in [0.717, 1.165) is 33.3 Å². The highest BCUT2D eigenvalue weighted by Crippen LogP contribution is 2.31. The molecule has 0 saturated carbocycles. The van der Waals surface area contributed by atoms with E-state index in [1.165, 1.54) is 0 Å². The normalized spacial score (nSPS) is 10.9. The quantitative estimate of drug-likeness (QED) is 0.332. The maximum absolute atomic E-state index is 13.0. The monoisotopic (exact) mass is 437 g/mol. The molecule has 0 aliphatic carbocycles. The fourth-order valence-corrected chi connectivity index (χ4v) is 3.97. The Bertz CT molecular complexity index is 1430. The molecule has 0 saturated heterocycles. The molecule has 156 valence electrons. The van der Waals surface area contributed by atoms with Crippen molar-refractivity contribution in [2.24, 2.45) is 0 Å². The van der Waals surface area contributed by atoms with Crippen LogP contribution in [0.1, 0.15) is 16.1 Å². The lowest BCUT2D eigenvalue weighted by Gasteiger charge is -2.10. The van der Waals surface area contributed by atoms with Crippen LogP contribution in [-0.2, 0) is 0 Å². The second kappa shape index (κ2) is 8.33. The minimum Gasteiger partial charge on any atom is -0.321 e. The number of halogens is 1. The van der Waals surface area contributed by atoms with Gasteiger partial charge in [0.25, 0.3) is 5.91 Å². The van der Waals surface area contributed by atoms with Gasteiger partial charge in [-0.3, -0.25) is 4.79 Å². The average molecular weight is 438 g/mol. The third-order valence-corrected chi connectivity index (χ3v) is 5.60. The molecule has 0 fully saturated rings. The summed E-state index contributed by atoms with van der Waals surface area (Å²) in [5, 5.41) is 10.4. The Hall–Kier alpha value is -3.89. The summed E-state index contributed by atoms with van der Waals surface area (Å²) in [6.07, 6.45) is 0. The third-order valence-electron chi connectivity index (χ3n) is 5.37. The van der Waals surface area contributed by atoms with Crippen molar-refractivity contribution in [1.82, 2.24) is 9.78 Å². The van der Waals surface area contributed by atoms with E-state index in [1.807, 2.05) is 60.1 Å². The van der Waals surface area contributed by atoms with E-state index in [-0.39, 0.29) is 5.91 Å². The van der Waals surface area contributed by atoms with Gasteiger partial charge < -0.3 is 5.32 Å². The van der Waals surface area contributed by atoms with Gasteiger partial charge in [0.1, 0.15) is 0 Å². The van der Waals surface area contributed by atoms with Gasteiger partial charge in [-0.2, -0.15) is 5.10 Å². The van der Waals surface area contributed by atoms with Crippen LogP contribution in [0, 0.1) is 6.92 Å². The molecule has 1 N–H and O–H groups in total. The van der Waals surface area contributed by atoms with Crippen molar-refractivity contribution in [2.45, 2.75) is 6.92 Å². The number of rotatable bonds is 4. The number of carbonyl (C=O) groups is 1. The molecule has 0 bridgehead atoms. The van der Waals surface area contributed by atoms with Gasteiger partial charge in [0.2, 0.25) is 0 Å². The van der Waals surface area contributed by atoms with Crippen LogP contribution in [0.3, 0.4) is 0 Å². The Balaban J connectivity index is 1.64. The highest BCUT2D eigenvalue weighted by atomic mass is 35.5. The van der Waals surface area contributed by atoms with Crippen molar-refractivity contribution in [2.75, 3.05) is 5.32 Å². The molecule has 1 heterocycles. The molecule has 0 aliphatic heterocycles. The molecule has 5 rings (SSSR count). The molecule has 1 amide bonds. The Labute approximate surface area is 191 Å². The highest BCUT2D eigenvalue weighted by Gasteiger charge is 2.18. The summed E-state index contributed by atoms with van der Waals surface area (Å²) in [5.41, 5.74) is 4.86. The van der Waals surface area contributed by atoms with Gasteiger partial charge in [0, 0.05) is 16.3 Å². The zero-order chi connectivity index (χ0) is 22.1. The minimum atomic E-state index is -0.292. The van der Waals surface area contributed by atoms with Gasteiger partial charge >= 0.3 is 0 Å². The van der Waals surface area contributed by atoms with E-state index in [1.54, 1.807) is 24.3 Å². The van der Waals surface area contributed by atoms with Crippen molar-refractivity contribution in [3.63, 3.8) is 0 Å². The van der Waals surface area contributed by atoms with Gasteiger partial charge in [0.05, 0.1) is 11.4 Å². The molecule has 4 aromatic carbocycles. The van der Waals surface area contributed by atoms with Crippen LogP contribution in [0.25, 0.3) is 27.7 Å². The molecule has 4 nitrogen and oxygen atoms in total. The molecule has 5 aromatic rings. The molecule has 0 unspecified atom stereocenters. The minimum absolute atomic E-state index is 0.292. The fraction of sp³-hybridized carbons (Fsp3) is 0.0370. The first-order chi connectivity index (χ1) is 15.6. The predicted molar refractivity (Wildman–Crippen MR) is 131 cm³/mol. The smallest absolute Gasteiger partial charge is 0.276 e. The zero-order valence-corrected chi connectivity index (χ0v) is 18.2. The number of anilines is 1. The summed E-state index contributed by atoms with van der Waals surface area (Å²) >= 11 is 6.06. The first-order valence-corrected chi connectivity index (χ1v) is 10.7. The first-order valence-electron chi connectivity index (χ1n) is 10.3. The number of amides is 1. The molecule has 0 atom stereocenters. The van der Waals surface area contributed by atoms with Crippen LogP contribution in [0.4, 0.5) is 5.69 Å². The molecule has 0 spiro atoms. The molecule has 5 heteroatoms. The lowest BCUT2D eigenvalue weighted by molar-refractivity contribution is 0.102. The largest absolute Gasteiger partial charge is 0.321 e. The Kier molecular flexibility index (Phi) is 5.21. The van der Waals surface area contributed by atoms with Gasteiger partial charge in [0.15, 0.2) is 5.69 Å². The number of aromatic nitrogens is 2. The third kappa shape index (κ3) is 3.88. The Morgan fingerprint density at radius 2 is 1.62 bits per heavy atom. The lowest BCUT2D eigenvalue weighted by atomic mass is 10.0. The van der Waals surface area contributed by atoms with Crippen molar-refractivity contribution < 1.29 is 4.79 Å². The Morgan fingerprint density at radius 1 is 0.875 bits per heavy atom. The lowest BCUT2D eigenvalue weighted by Crippen LogP contribution is -2.13. The second-order valence-electron chi connectivity index (χ2n) is 7.65. The standard InChI is InChI=1S/C27H20ClN3O/c1-18-12-14-22(15-13-18)31-26(24-11-4-7-19-6-2-3-10-23(19)24)17-25(30-31)27(32)29-21-9-5-8-20(28)16-21/h2-17H,1H3,(H,29,32). The van der Waals surface area contributed by atoms with Crippen molar-refractivity contribution in [3.05, 3.63) is 113 Å². The highest BCUT2D eigenvalue weighted by molar-refractivity contribution is 6.31. The van der Waals surface area contributed by atoms with Crippen LogP contribution in [-0.4, -0.2) is 15.7 Å². The molecule has 0 aliphatic rings. The number of nitrogens with one attached hydrogen (secondary N) is 1. The maximum atomic E-state index is 13.0. The number of carbonyl (C=O) groups excluding carboxylic acids is 1. The molecule has 32 heavy (non-hydrogen) atoms. The predicted octanol–water partition coefficient (Wildman–Crippen LogP) is 6.91. The van der Waals surface area contributed by atoms with Crippen LogP contribution < -0.4 is 5.32 Å². The van der Waals surface area contributed by atoms with Crippen LogP contribution in [0.5, 0.6) is 0 Å². The fourth-order valence-electron chi connectivity index (χ4n) is 3.78. The van der Waals surface area contributed by atoms with E-state index in [9.17, 15) is 4.79 Å². The van der Waals surface area contributed by atoms with Gasteiger partial charge in [-0.15, -0.1) is 0 Å². The number of benzene rings is 4. The van der Waals surface area contributed by atoms with E-state index >= 15 is 0 Å². The van der Waals surface area contributed by atoms with Gasteiger partial charge in [-0.05, 0) is 54.1 Å². The molecular weight excluding hydrogens is 418 g/mol. The van der Waals surface area contributed by atoms with Crippen molar-refractivity contribution in [3.8, 4) is 16.9 Å². The van der Waals surface area contributed by atoms with Gasteiger partial charge in [-0.1, -0.05) is 77.8 Å². The van der Waals surface area contributed by atoms with E-state index in [2.05, 4.69) is 34.7 Å². The number of hydrogen-bond donors (Lipinski definition) is 1. The summed E-state index contributed by atoms with van der Waals surface area (Å²) in [6, 6.07) is 31.4. The van der Waals surface area contributed by atoms with E-state index in [0.29, 0.717) is 16.4 Å². The number of hydrogen-bond acceptors (Lipinski definition) is 2.